The van der Waals surface area contributed by atoms with Gasteiger partial charge in [-0.05, 0) is 99.6 Å². The SMILES string of the molecule is C[Si](C)(CCCCSOc1ccc(N)cc1)O[Si](C)(C)CCCCSOc1ccc(N)cc1. The van der Waals surface area contributed by atoms with E-state index in [1.54, 1.807) is 0 Å². The molecule has 0 unspecified atom stereocenters. The van der Waals surface area contributed by atoms with Gasteiger partial charge in [0.2, 0.25) is 0 Å². The van der Waals surface area contributed by atoms with E-state index in [0.717, 1.165) is 47.2 Å². The summed E-state index contributed by atoms with van der Waals surface area (Å²) in [6.07, 6.45) is 4.68. The first-order chi connectivity index (χ1) is 15.7. The fourth-order valence-electron chi connectivity index (χ4n) is 3.54. The number of anilines is 2. The lowest BCUT2D eigenvalue weighted by atomic mass is 10.3. The van der Waals surface area contributed by atoms with Crippen LogP contribution in [-0.2, 0) is 4.12 Å². The zero-order valence-electron chi connectivity index (χ0n) is 20.5. The van der Waals surface area contributed by atoms with Gasteiger partial charge in [0, 0.05) is 22.9 Å². The monoisotopic (exact) mass is 524 g/mol. The van der Waals surface area contributed by atoms with Crippen molar-refractivity contribution in [2.75, 3.05) is 23.0 Å². The van der Waals surface area contributed by atoms with Crippen molar-refractivity contribution in [3.8, 4) is 11.5 Å². The number of nitrogens with two attached hydrogens (primary N) is 2. The van der Waals surface area contributed by atoms with Gasteiger partial charge in [0.25, 0.3) is 0 Å². The van der Waals surface area contributed by atoms with Crippen molar-refractivity contribution in [3.63, 3.8) is 0 Å². The minimum atomic E-state index is -1.64. The number of benzene rings is 2. The van der Waals surface area contributed by atoms with E-state index in [1.165, 1.54) is 49.0 Å². The summed E-state index contributed by atoms with van der Waals surface area (Å²) in [5, 5.41) is 0. The van der Waals surface area contributed by atoms with Crippen molar-refractivity contribution in [3.05, 3.63) is 48.5 Å². The van der Waals surface area contributed by atoms with Crippen LogP contribution < -0.4 is 19.8 Å². The Hall–Kier alpha value is -1.27. The Morgan fingerprint density at radius 3 is 1.33 bits per heavy atom. The highest BCUT2D eigenvalue weighted by molar-refractivity contribution is 7.95. The number of hydrogen-bond donors (Lipinski definition) is 2. The summed E-state index contributed by atoms with van der Waals surface area (Å²) in [6.45, 7) is 9.48. The molecule has 0 heterocycles. The van der Waals surface area contributed by atoms with Crippen LogP contribution in [0, 0.1) is 0 Å². The minimum absolute atomic E-state index is 0.758. The van der Waals surface area contributed by atoms with Crippen molar-refractivity contribution in [2.24, 2.45) is 0 Å². The van der Waals surface area contributed by atoms with E-state index < -0.39 is 16.6 Å². The van der Waals surface area contributed by atoms with E-state index in [1.807, 2.05) is 48.5 Å². The standard InChI is InChI=1S/C24H40N2O3S2Si2/c1-32(2,19-7-5-17-30-27-23-13-9-21(25)10-14-23)29-33(3,4)20-8-6-18-31-28-24-15-11-22(26)12-16-24/h9-16H,5-8,17-20,25-26H2,1-4H3. The lowest BCUT2D eigenvalue weighted by molar-refractivity contribution is 0.528. The molecule has 0 amide bonds. The summed E-state index contributed by atoms with van der Waals surface area (Å²) in [4.78, 5) is 0. The highest BCUT2D eigenvalue weighted by atomic mass is 32.2. The molecular formula is C24H40N2O3S2Si2. The molecule has 2 rings (SSSR count). The van der Waals surface area contributed by atoms with Crippen LogP contribution in [0.5, 0.6) is 11.5 Å². The first kappa shape index (κ1) is 28.0. The molecule has 0 atom stereocenters. The summed E-state index contributed by atoms with van der Waals surface area (Å²) in [7, 11) is -3.27. The predicted octanol–water partition coefficient (Wildman–Crippen LogP) is 7.59. The molecule has 9 heteroatoms. The minimum Gasteiger partial charge on any atom is -0.455 e. The molecule has 5 nitrogen and oxygen atoms in total. The number of rotatable bonds is 16. The fourth-order valence-corrected chi connectivity index (χ4v) is 13.8. The molecule has 2 aromatic carbocycles. The largest absolute Gasteiger partial charge is 0.455 e. The van der Waals surface area contributed by atoms with Gasteiger partial charge in [-0.15, -0.1) is 0 Å². The zero-order chi connectivity index (χ0) is 24.2. The molecule has 0 radical (unpaired) electrons. The lowest BCUT2D eigenvalue weighted by Crippen LogP contribution is -2.44. The average Bonchev–Trinajstić information content (AvgIpc) is 2.75. The molecule has 0 aliphatic rings. The van der Waals surface area contributed by atoms with Gasteiger partial charge in [0.15, 0.2) is 16.6 Å². The molecule has 33 heavy (non-hydrogen) atoms. The van der Waals surface area contributed by atoms with E-state index >= 15 is 0 Å². The van der Waals surface area contributed by atoms with Gasteiger partial charge in [-0.3, -0.25) is 0 Å². The topological polar surface area (TPSA) is 79.7 Å². The first-order valence-corrected chi connectivity index (χ1v) is 19.7. The normalized spacial score (nSPS) is 12.0. The molecule has 0 aliphatic carbocycles. The summed E-state index contributed by atoms with van der Waals surface area (Å²) < 4.78 is 18.2. The second kappa shape index (κ2) is 14.2. The molecule has 0 fully saturated rings. The number of hydrogen-bond acceptors (Lipinski definition) is 7. The van der Waals surface area contributed by atoms with E-state index in [4.69, 9.17) is 23.9 Å². The Morgan fingerprint density at radius 2 is 0.970 bits per heavy atom. The third kappa shape index (κ3) is 12.7. The van der Waals surface area contributed by atoms with Crippen LogP contribution in [0.15, 0.2) is 48.5 Å². The van der Waals surface area contributed by atoms with E-state index in [-0.39, 0.29) is 0 Å². The van der Waals surface area contributed by atoms with Crippen LogP contribution >= 0.6 is 24.1 Å². The van der Waals surface area contributed by atoms with Crippen LogP contribution in [0.25, 0.3) is 0 Å². The molecule has 0 saturated carbocycles. The van der Waals surface area contributed by atoms with Crippen molar-refractivity contribution < 1.29 is 12.5 Å². The smallest absolute Gasteiger partial charge is 0.173 e. The van der Waals surface area contributed by atoms with Gasteiger partial charge in [0.1, 0.15) is 11.5 Å². The van der Waals surface area contributed by atoms with E-state index in [9.17, 15) is 0 Å². The van der Waals surface area contributed by atoms with Crippen molar-refractivity contribution >= 4 is 52.1 Å². The Bertz CT molecular complexity index is 739. The van der Waals surface area contributed by atoms with Gasteiger partial charge in [-0.25, -0.2) is 0 Å². The highest BCUT2D eigenvalue weighted by Crippen LogP contribution is 2.26. The van der Waals surface area contributed by atoms with Crippen LogP contribution in [0.3, 0.4) is 0 Å². The highest BCUT2D eigenvalue weighted by Gasteiger charge is 2.32. The molecule has 0 saturated heterocycles. The first-order valence-electron chi connectivity index (χ1n) is 11.7. The third-order valence-corrected chi connectivity index (χ3v) is 14.2. The van der Waals surface area contributed by atoms with Gasteiger partial charge >= 0.3 is 0 Å². The Morgan fingerprint density at radius 1 is 0.606 bits per heavy atom. The predicted molar refractivity (Wildman–Crippen MR) is 152 cm³/mol. The summed E-state index contributed by atoms with van der Waals surface area (Å²) >= 11 is 3.03. The summed E-state index contributed by atoms with van der Waals surface area (Å²) in [5.74, 6) is 3.70. The van der Waals surface area contributed by atoms with E-state index in [2.05, 4.69) is 26.2 Å². The maximum Gasteiger partial charge on any atom is 0.173 e. The van der Waals surface area contributed by atoms with Gasteiger partial charge < -0.3 is 23.9 Å². The molecule has 0 spiro atoms. The zero-order valence-corrected chi connectivity index (χ0v) is 24.1. The summed E-state index contributed by atoms with van der Waals surface area (Å²) in [6, 6.07) is 17.5. The number of unbranched alkanes of at least 4 members (excludes halogenated alkanes) is 2. The van der Waals surface area contributed by atoms with Crippen molar-refractivity contribution in [2.45, 2.75) is 64.0 Å². The number of nitrogen functional groups attached to an aromatic ring is 2. The van der Waals surface area contributed by atoms with Crippen LogP contribution in [-0.4, -0.2) is 28.1 Å². The molecule has 2 aromatic rings. The van der Waals surface area contributed by atoms with Gasteiger partial charge in [0.05, 0.1) is 24.1 Å². The lowest BCUT2D eigenvalue weighted by Gasteiger charge is -2.34. The average molecular weight is 525 g/mol. The summed E-state index contributed by atoms with van der Waals surface area (Å²) in [5.41, 5.74) is 12.9. The molecule has 0 bridgehead atoms. The van der Waals surface area contributed by atoms with Crippen molar-refractivity contribution in [1.82, 2.24) is 0 Å². The second-order valence-electron chi connectivity index (χ2n) is 9.48. The second-order valence-corrected chi connectivity index (χ2v) is 20.0. The molecule has 0 aromatic heterocycles. The molecule has 4 N–H and O–H groups in total. The molecular weight excluding hydrogens is 485 g/mol. The van der Waals surface area contributed by atoms with Crippen LogP contribution in [0.2, 0.25) is 38.3 Å². The van der Waals surface area contributed by atoms with Crippen LogP contribution in [0.1, 0.15) is 25.7 Å². The molecule has 0 aliphatic heterocycles. The fraction of sp³-hybridized carbons (Fsp3) is 0.500. The quantitative estimate of drug-likeness (QED) is 0.101. The maximum atomic E-state index is 6.78. The maximum absolute atomic E-state index is 6.78. The molecule has 184 valence electrons. The Labute approximate surface area is 211 Å². The Kier molecular flexibility index (Phi) is 12.0. The van der Waals surface area contributed by atoms with Crippen molar-refractivity contribution in [1.29, 1.82) is 0 Å². The third-order valence-electron chi connectivity index (χ3n) is 5.14. The van der Waals surface area contributed by atoms with E-state index in [0.29, 0.717) is 0 Å². The van der Waals surface area contributed by atoms with Gasteiger partial charge in [-0.1, -0.05) is 12.8 Å². The Balaban J connectivity index is 1.53. The van der Waals surface area contributed by atoms with Crippen LogP contribution in [0.4, 0.5) is 11.4 Å². The van der Waals surface area contributed by atoms with Gasteiger partial charge in [-0.2, -0.15) is 0 Å².